The van der Waals surface area contributed by atoms with E-state index in [2.05, 4.69) is 0 Å². The van der Waals surface area contributed by atoms with Gasteiger partial charge in [0.05, 0.1) is 0 Å². The van der Waals surface area contributed by atoms with Gasteiger partial charge in [-0.25, -0.2) is 9.18 Å². The van der Waals surface area contributed by atoms with Crippen molar-refractivity contribution in [3.8, 4) is 0 Å². The Kier molecular flexibility index (Phi) is 5.10. The molecule has 0 spiro atoms. The number of nitrogens with two attached hydrogens (primary N) is 1. The average molecular weight is 235 g/mol. The summed E-state index contributed by atoms with van der Waals surface area (Å²) in [5.74, 6) is -1.55. The second-order valence-electron chi connectivity index (χ2n) is 3.43. The fourth-order valence-corrected chi connectivity index (χ4v) is 1.27. The third-order valence-corrected chi connectivity index (χ3v) is 2.07. The van der Waals surface area contributed by atoms with Crippen LogP contribution < -0.4 is 5.73 Å². The molecular formula is C13H14FNO2. The molecule has 0 atom stereocenters. The van der Waals surface area contributed by atoms with E-state index in [9.17, 15) is 9.18 Å². The molecule has 0 unspecified atom stereocenters. The van der Waals surface area contributed by atoms with Crippen molar-refractivity contribution in [2.24, 2.45) is 5.73 Å². The summed E-state index contributed by atoms with van der Waals surface area (Å²) in [7, 11) is 0. The zero-order valence-corrected chi connectivity index (χ0v) is 9.27. The third-order valence-electron chi connectivity index (χ3n) is 2.07. The van der Waals surface area contributed by atoms with Gasteiger partial charge in [-0.15, -0.1) is 0 Å². The molecule has 3 N–H and O–H groups in total. The van der Waals surface area contributed by atoms with E-state index >= 15 is 0 Å². The summed E-state index contributed by atoms with van der Waals surface area (Å²) in [6, 6.07) is 4.52. The van der Waals surface area contributed by atoms with Crippen molar-refractivity contribution in [2.45, 2.75) is 6.42 Å². The molecule has 0 saturated carbocycles. The molecule has 0 aliphatic rings. The minimum absolute atomic E-state index is 0.252. The Balaban J connectivity index is 2.90. The van der Waals surface area contributed by atoms with Gasteiger partial charge in [-0.1, -0.05) is 18.2 Å². The molecule has 1 aromatic carbocycles. The van der Waals surface area contributed by atoms with Crippen LogP contribution in [0.1, 0.15) is 17.5 Å². The Hall–Kier alpha value is -1.94. The van der Waals surface area contributed by atoms with E-state index in [1.54, 1.807) is 12.1 Å². The standard InChI is InChI=1S/C13H14FNO2/c14-12-6-4-10(3-1-2-8-15)9-11(12)5-7-13(16)17/h1,3-7,9H,2,8,15H2,(H,16,17)/b3-1?,7-5+. The molecule has 0 saturated heterocycles. The smallest absolute Gasteiger partial charge is 0.328 e. The molecule has 0 amide bonds. The number of rotatable bonds is 5. The number of halogens is 1. The van der Waals surface area contributed by atoms with Gasteiger partial charge < -0.3 is 10.8 Å². The highest BCUT2D eigenvalue weighted by Gasteiger charge is 1.99. The average Bonchev–Trinajstić information content (AvgIpc) is 2.29. The first-order valence-corrected chi connectivity index (χ1v) is 5.20. The van der Waals surface area contributed by atoms with Crippen LogP contribution >= 0.6 is 0 Å². The second kappa shape index (κ2) is 6.60. The topological polar surface area (TPSA) is 63.3 Å². The van der Waals surface area contributed by atoms with Crippen molar-refractivity contribution < 1.29 is 14.3 Å². The minimum atomic E-state index is -1.10. The summed E-state index contributed by atoms with van der Waals surface area (Å²) in [4.78, 5) is 10.3. The largest absolute Gasteiger partial charge is 0.478 e. The van der Waals surface area contributed by atoms with Crippen LogP contribution in [0.2, 0.25) is 0 Å². The maximum absolute atomic E-state index is 13.3. The zero-order valence-electron chi connectivity index (χ0n) is 9.27. The number of hydrogen-bond donors (Lipinski definition) is 2. The Labute approximate surface area is 99.1 Å². The quantitative estimate of drug-likeness (QED) is 0.769. The van der Waals surface area contributed by atoms with E-state index in [1.165, 1.54) is 12.1 Å². The van der Waals surface area contributed by atoms with Crippen molar-refractivity contribution in [3.05, 3.63) is 47.3 Å². The molecule has 3 nitrogen and oxygen atoms in total. The first kappa shape index (κ1) is 13.1. The van der Waals surface area contributed by atoms with E-state index < -0.39 is 11.8 Å². The van der Waals surface area contributed by atoms with Crippen LogP contribution in [-0.2, 0) is 4.79 Å². The summed E-state index contributed by atoms with van der Waals surface area (Å²) in [5, 5.41) is 8.47. The Morgan fingerprint density at radius 1 is 1.41 bits per heavy atom. The van der Waals surface area contributed by atoms with Crippen LogP contribution in [0.25, 0.3) is 12.2 Å². The van der Waals surface area contributed by atoms with Crippen LogP contribution in [0.3, 0.4) is 0 Å². The number of benzene rings is 1. The van der Waals surface area contributed by atoms with Gasteiger partial charge in [-0.05, 0) is 36.7 Å². The molecule has 0 aromatic heterocycles. The summed E-state index contributed by atoms with van der Waals surface area (Å²) in [6.45, 7) is 0.559. The molecule has 17 heavy (non-hydrogen) atoms. The highest BCUT2D eigenvalue weighted by Crippen LogP contribution is 2.13. The van der Waals surface area contributed by atoms with Gasteiger partial charge >= 0.3 is 5.97 Å². The summed E-state index contributed by atoms with van der Waals surface area (Å²) < 4.78 is 13.3. The van der Waals surface area contributed by atoms with Crippen molar-refractivity contribution in [2.75, 3.05) is 6.54 Å². The van der Waals surface area contributed by atoms with Crippen molar-refractivity contribution in [1.29, 1.82) is 0 Å². The normalized spacial score (nSPS) is 11.4. The maximum Gasteiger partial charge on any atom is 0.328 e. The van der Waals surface area contributed by atoms with Crippen LogP contribution in [-0.4, -0.2) is 17.6 Å². The number of carboxylic acid groups (broad SMARTS) is 1. The van der Waals surface area contributed by atoms with Gasteiger partial charge in [0.2, 0.25) is 0 Å². The van der Waals surface area contributed by atoms with Crippen molar-refractivity contribution in [3.63, 3.8) is 0 Å². The lowest BCUT2D eigenvalue weighted by Gasteiger charge is -1.99. The van der Waals surface area contributed by atoms with Crippen LogP contribution in [0.4, 0.5) is 4.39 Å². The Bertz CT molecular complexity index is 453. The van der Waals surface area contributed by atoms with Gasteiger partial charge in [-0.2, -0.15) is 0 Å². The fourth-order valence-electron chi connectivity index (χ4n) is 1.27. The van der Waals surface area contributed by atoms with E-state index in [4.69, 9.17) is 10.8 Å². The molecule has 0 heterocycles. The van der Waals surface area contributed by atoms with Crippen LogP contribution in [0, 0.1) is 5.82 Å². The number of hydrogen-bond acceptors (Lipinski definition) is 2. The molecule has 1 rings (SSSR count). The second-order valence-corrected chi connectivity index (χ2v) is 3.43. The lowest BCUT2D eigenvalue weighted by molar-refractivity contribution is -0.131. The van der Waals surface area contributed by atoms with Crippen molar-refractivity contribution >= 4 is 18.1 Å². The number of carbonyl (C=O) groups is 1. The summed E-state index contributed by atoms with van der Waals surface area (Å²) >= 11 is 0. The SMILES string of the molecule is NCCC=Cc1ccc(F)c(/C=C/C(=O)O)c1. The van der Waals surface area contributed by atoms with Gasteiger partial charge in [-0.3, -0.25) is 0 Å². The molecule has 4 heteroatoms. The molecule has 0 radical (unpaired) electrons. The molecule has 0 fully saturated rings. The maximum atomic E-state index is 13.3. The highest BCUT2D eigenvalue weighted by molar-refractivity contribution is 5.85. The van der Waals surface area contributed by atoms with E-state index in [0.717, 1.165) is 18.1 Å². The van der Waals surface area contributed by atoms with E-state index in [0.29, 0.717) is 6.54 Å². The third kappa shape index (κ3) is 4.61. The van der Waals surface area contributed by atoms with Crippen LogP contribution in [0.5, 0.6) is 0 Å². The molecular weight excluding hydrogens is 221 g/mol. The first-order chi connectivity index (χ1) is 8.13. The van der Waals surface area contributed by atoms with E-state index in [-0.39, 0.29) is 5.56 Å². The van der Waals surface area contributed by atoms with Gasteiger partial charge in [0.1, 0.15) is 5.82 Å². The Morgan fingerprint density at radius 3 is 2.82 bits per heavy atom. The zero-order chi connectivity index (χ0) is 12.7. The predicted molar refractivity (Wildman–Crippen MR) is 65.8 cm³/mol. The Morgan fingerprint density at radius 2 is 2.18 bits per heavy atom. The lowest BCUT2D eigenvalue weighted by atomic mass is 10.1. The van der Waals surface area contributed by atoms with Crippen molar-refractivity contribution in [1.82, 2.24) is 0 Å². The minimum Gasteiger partial charge on any atom is -0.478 e. The first-order valence-electron chi connectivity index (χ1n) is 5.20. The molecule has 0 bridgehead atoms. The van der Waals surface area contributed by atoms with Gasteiger partial charge in [0.25, 0.3) is 0 Å². The van der Waals surface area contributed by atoms with Gasteiger partial charge in [0.15, 0.2) is 0 Å². The summed E-state index contributed by atoms with van der Waals surface area (Å²) in [5.41, 5.74) is 6.40. The van der Waals surface area contributed by atoms with Gasteiger partial charge in [0, 0.05) is 11.6 Å². The molecule has 1 aromatic rings. The molecule has 0 aliphatic carbocycles. The number of aliphatic carboxylic acids is 1. The monoisotopic (exact) mass is 235 g/mol. The molecule has 90 valence electrons. The number of carboxylic acids is 1. The van der Waals surface area contributed by atoms with E-state index in [1.807, 2.05) is 12.2 Å². The predicted octanol–water partition coefficient (Wildman–Crippen LogP) is 2.29. The lowest BCUT2D eigenvalue weighted by Crippen LogP contribution is -1.95. The van der Waals surface area contributed by atoms with Crippen LogP contribution in [0.15, 0.2) is 30.4 Å². The highest BCUT2D eigenvalue weighted by atomic mass is 19.1. The molecule has 0 aliphatic heterocycles. The fraction of sp³-hybridized carbons (Fsp3) is 0.154. The summed E-state index contributed by atoms with van der Waals surface area (Å²) in [6.07, 6.45) is 6.60.